The summed E-state index contributed by atoms with van der Waals surface area (Å²) in [6, 6.07) is 10.4. The van der Waals surface area contributed by atoms with Gasteiger partial charge in [0.05, 0.1) is 34.8 Å². The summed E-state index contributed by atoms with van der Waals surface area (Å²) in [4.78, 5) is 47.8. The number of hydrogen-bond donors (Lipinski definition) is 2. The van der Waals surface area contributed by atoms with Gasteiger partial charge in [-0.25, -0.2) is 14.4 Å². The number of rotatable bonds is 8. The van der Waals surface area contributed by atoms with Gasteiger partial charge in [-0.2, -0.15) is 0 Å². The summed E-state index contributed by atoms with van der Waals surface area (Å²) < 4.78 is 16.9. The number of hydrogen-bond acceptors (Lipinski definition) is 8. The zero-order valence-electron chi connectivity index (χ0n) is 30.8. The van der Waals surface area contributed by atoms with Crippen LogP contribution < -0.4 is 10.2 Å². The quantitative estimate of drug-likeness (QED) is 0.222. The number of aliphatic hydroxyl groups is 1. The first kappa shape index (κ1) is 34.7. The fourth-order valence-electron chi connectivity index (χ4n) is 8.91. The smallest absolute Gasteiger partial charge is 0.251 e. The van der Waals surface area contributed by atoms with Crippen LogP contribution in [0.5, 0.6) is 0 Å². The molecule has 1 saturated carbocycles. The molecule has 4 aliphatic rings. The van der Waals surface area contributed by atoms with E-state index in [1.165, 1.54) is 18.8 Å². The van der Waals surface area contributed by atoms with Crippen molar-refractivity contribution in [2.24, 2.45) is 5.41 Å². The molecule has 1 spiro atoms. The van der Waals surface area contributed by atoms with Crippen LogP contribution in [0, 0.1) is 11.2 Å². The first-order chi connectivity index (χ1) is 24.9. The van der Waals surface area contributed by atoms with Gasteiger partial charge < -0.3 is 24.8 Å². The molecule has 11 nitrogen and oxygen atoms in total. The van der Waals surface area contributed by atoms with Gasteiger partial charge in [-0.3, -0.25) is 19.5 Å². The first-order valence-electron chi connectivity index (χ1n) is 18.8. The van der Waals surface area contributed by atoms with Crippen LogP contribution in [0.4, 0.5) is 21.6 Å². The van der Waals surface area contributed by atoms with E-state index in [1.807, 2.05) is 16.7 Å². The fraction of sp³-hybridized carbons (Fsp3) is 0.525. The molecule has 274 valence electrons. The number of pyridine rings is 2. The van der Waals surface area contributed by atoms with Gasteiger partial charge in [0, 0.05) is 55.2 Å². The van der Waals surface area contributed by atoms with Crippen LogP contribution in [0.3, 0.4) is 0 Å². The average Bonchev–Trinajstić information content (AvgIpc) is 3.77. The molecule has 4 aromatic rings. The summed E-state index contributed by atoms with van der Waals surface area (Å²) >= 11 is 0. The monoisotopic (exact) mass is 708 g/mol. The van der Waals surface area contributed by atoms with Crippen molar-refractivity contribution < 1.29 is 19.1 Å². The van der Waals surface area contributed by atoms with E-state index in [-0.39, 0.29) is 29.6 Å². The molecular weight excluding hydrogens is 659 g/mol. The summed E-state index contributed by atoms with van der Waals surface area (Å²) in [5, 5.41) is 13.5. The minimum atomic E-state index is -1.02. The van der Waals surface area contributed by atoms with Crippen molar-refractivity contribution in [1.82, 2.24) is 29.3 Å². The second-order valence-corrected chi connectivity index (χ2v) is 16.4. The Bertz CT molecular complexity index is 2030. The molecule has 3 aliphatic heterocycles. The second kappa shape index (κ2) is 12.9. The molecule has 1 aliphatic carbocycles. The lowest BCUT2D eigenvalue weighted by Crippen LogP contribution is -2.58. The highest BCUT2D eigenvalue weighted by atomic mass is 19.1. The summed E-state index contributed by atoms with van der Waals surface area (Å²) in [5.74, 6) is -0.148. The van der Waals surface area contributed by atoms with Crippen molar-refractivity contribution in [3.63, 3.8) is 0 Å². The van der Waals surface area contributed by atoms with E-state index in [1.54, 1.807) is 24.2 Å². The summed E-state index contributed by atoms with van der Waals surface area (Å²) in [6.45, 7) is 13.6. The maximum absolute atomic E-state index is 14.8. The lowest BCUT2D eigenvalue weighted by atomic mass is 9.73. The van der Waals surface area contributed by atoms with Gasteiger partial charge in [0.1, 0.15) is 11.6 Å². The standard InChI is InChI=1S/C40H49FN8O3/c1-6-34(50)37(51)46-15-11-40(12-16-46)28-8-7-25(17-33(28)49(38(40)52)27-18-26(19-27)47-14-10-39(4,5)22-47)31-20-32-35(48(23-43-32)24(2)3)36(45-31)44-30-9-13-42-21-29(30)41/h7-9,13,17,20-21,23-24,26-27,34,50H,6,10-12,14-16,18-19,22H2,1-5H3,(H,42,44,45)/t26-,27+,34-/m0/s1. The number of anilines is 3. The summed E-state index contributed by atoms with van der Waals surface area (Å²) in [5.41, 5.74) is 4.74. The Labute approximate surface area is 304 Å². The lowest BCUT2D eigenvalue weighted by molar-refractivity contribution is -0.143. The van der Waals surface area contributed by atoms with E-state index in [0.29, 0.717) is 55.3 Å². The van der Waals surface area contributed by atoms with Crippen molar-refractivity contribution >= 4 is 40.0 Å². The molecule has 6 heterocycles. The largest absolute Gasteiger partial charge is 0.383 e. The van der Waals surface area contributed by atoms with Crippen LogP contribution in [0.25, 0.3) is 22.3 Å². The number of carbonyl (C=O) groups is 2. The van der Waals surface area contributed by atoms with E-state index in [4.69, 9.17) is 9.97 Å². The van der Waals surface area contributed by atoms with E-state index >= 15 is 0 Å². The van der Waals surface area contributed by atoms with Gasteiger partial charge in [-0.05, 0) is 88.1 Å². The van der Waals surface area contributed by atoms with Gasteiger partial charge in [0.15, 0.2) is 11.6 Å². The molecule has 2 amide bonds. The number of amides is 2. The minimum absolute atomic E-state index is 0.0836. The molecule has 2 saturated heterocycles. The Morgan fingerprint density at radius 1 is 1.08 bits per heavy atom. The molecule has 1 atom stereocenters. The maximum Gasteiger partial charge on any atom is 0.251 e. The van der Waals surface area contributed by atoms with E-state index in [2.05, 4.69) is 59.9 Å². The number of piperidine rings is 1. The van der Waals surface area contributed by atoms with E-state index in [9.17, 15) is 19.1 Å². The molecule has 52 heavy (non-hydrogen) atoms. The predicted molar refractivity (Wildman–Crippen MR) is 199 cm³/mol. The van der Waals surface area contributed by atoms with Crippen LogP contribution >= 0.6 is 0 Å². The SMILES string of the molecule is CC[C@H](O)C(=O)N1CCC2(CC1)C(=O)N([C@H]1C[C@@H](N3CCC(C)(C)C3)C1)c1cc(-c3cc4ncn(C(C)C)c4c(Nc4ccncc4F)n3)ccc12. The van der Waals surface area contributed by atoms with Crippen LogP contribution in [-0.4, -0.2) is 90.6 Å². The molecule has 1 aromatic carbocycles. The Morgan fingerprint density at radius 2 is 1.85 bits per heavy atom. The third kappa shape index (κ3) is 5.74. The van der Waals surface area contributed by atoms with Crippen molar-refractivity contribution in [1.29, 1.82) is 0 Å². The lowest BCUT2D eigenvalue weighted by Gasteiger charge is -2.46. The average molecular weight is 709 g/mol. The van der Waals surface area contributed by atoms with Crippen molar-refractivity contribution in [3.8, 4) is 11.3 Å². The highest BCUT2D eigenvalue weighted by Gasteiger charge is 2.56. The topological polar surface area (TPSA) is 120 Å². The number of aliphatic hydroxyl groups excluding tert-OH is 1. The van der Waals surface area contributed by atoms with E-state index in [0.717, 1.165) is 53.8 Å². The molecule has 2 N–H and O–H groups in total. The number of imidazole rings is 1. The number of fused-ring (bicyclic) bond motifs is 3. The Balaban J connectivity index is 1.17. The molecule has 8 rings (SSSR count). The van der Waals surface area contributed by atoms with Gasteiger partial charge in [0.25, 0.3) is 5.91 Å². The number of likely N-dealkylation sites (tertiary alicyclic amines) is 2. The highest BCUT2D eigenvalue weighted by Crippen LogP contribution is 2.52. The molecule has 3 fully saturated rings. The highest BCUT2D eigenvalue weighted by molar-refractivity contribution is 6.09. The second-order valence-electron chi connectivity index (χ2n) is 16.4. The van der Waals surface area contributed by atoms with Crippen LogP contribution in [0.1, 0.15) is 84.7 Å². The molecule has 0 bridgehead atoms. The molecule has 0 radical (unpaired) electrons. The van der Waals surface area contributed by atoms with Gasteiger partial charge >= 0.3 is 0 Å². The molecule has 12 heteroatoms. The van der Waals surface area contributed by atoms with Crippen molar-refractivity contribution in [2.45, 2.75) is 103 Å². The van der Waals surface area contributed by atoms with Crippen molar-refractivity contribution in [2.75, 3.05) is 36.4 Å². The van der Waals surface area contributed by atoms with Crippen LogP contribution in [0.15, 0.2) is 49.1 Å². The Hall–Kier alpha value is -4.42. The molecule has 0 unspecified atom stereocenters. The van der Waals surface area contributed by atoms with Gasteiger partial charge in [-0.1, -0.05) is 32.9 Å². The van der Waals surface area contributed by atoms with Gasteiger partial charge in [0.2, 0.25) is 5.91 Å². The third-order valence-electron chi connectivity index (χ3n) is 12.1. The van der Waals surface area contributed by atoms with Crippen molar-refractivity contribution in [3.05, 3.63) is 60.4 Å². The Kier molecular flexibility index (Phi) is 8.60. The number of benzene rings is 1. The van der Waals surface area contributed by atoms with Crippen LogP contribution in [-0.2, 0) is 15.0 Å². The van der Waals surface area contributed by atoms with E-state index < -0.39 is 17.3 Å². The van der Waals surface area contributed by atoms with Gasteiger partial charge in [-0.15, -0.1) is 0 Å². The fourth-order valence-corrected chi connectivity index (χ4v) is 8.91. The third-order valence-corrected chi connectivity index (χ3v) is 12.1. The number of carbonyl (C=O) groups excluding carboxylic acids is 2. The zero-order valence-corrected chi connectivity index (χ0v) is 30.8. The number of nitrogens with zero attached hydrogens (tertiary/aromatic N) is 7. The molecule has 3 aromatic heterocycles. The first-order valence-corrected chi connectivity index (χ1v) is 18.8. The maximum atomic E-state index is 14.8. The zero-order chi connectivity index (χ0) is 36.5. The number of halogens is 1. The summed E-state index contributed by atoms with van der Waals surface area (Å²) in [7, 11) is 0. The van der Waals surface area contributed by atoms with Crippen LogP contribution in [0.2, 0.25) is 0 Å². The molecular formula is C40H49FN8O3. The number of aromatic nitrogens is 4. The normalized spacial score (nSPS) is 23.0. The minimum Gasteiger partial charge on any atom is -0.383 e. The number of nitrogens with one attached hydrogen (secondary N) is 1. The predicted octanol–water partition coefficient (Wildman–Crippen LogP) is 6.20. The summed E-state index contributed by atoms with van der Waals surface area (Å²) in [6.07, 6.45) is 7.90. The Morgan fingerprint density at radius 3 is 2.52 bits per heavy atom.